The first-order chi connectivity index (χ1) is 14.7. The minimum absolute atomic E-state index is 0.0881. The van der Waals surface area contributed by atoms with Crippen molar-refractivity contribution in [2.75, 3.05) is 18.5 Å². The van der Waals surface area contributed by atoms with Crippen LogP contribution in [-0.2, 0) is 4.74 Å². The molecule has 1 fully saturated rings. The van der Waals surface area contributed by atoms with Gasteiger partial charge in [0.2, 0.25) is 0 Å². The third kappa shape index (κ3) is 3.65. The first-order valence-electron chi connectivity index (χ1n) is 9.88. The van der Waals surface area contributed by atoms with Crippen LogP contribution >= 0.6 is 11.3 Å². The van der Waals surface area contributed by atoms with Crippen molar-refractivity contribution in [3.63, 3.8) is 0 Å². The molecule has 1 unspecified atom stereocenters. The number of amides is 1. The number of hydrogen-bond acceptors (Lipinski definition) is 6. The van der Waals surface area contributed by atoms with Crippen LogP contribution in [0.5, 0.6) is 0 Å². The minimum atomic E-state index is -0.690. The molecule has 1 aliphatic heterocycles. The Morgan fingerprint density at radius 2 is 2.07 bits per heavy atom. The second kappa shape index (κ2) is 8.06. The van der Waals surface area contributed by atoms with Crippen LogP contribution in [0.15, 0.2) is 53.1 Å². The zero-order chi connectivity index (χ0) is 20.5. The third-order valence-electron chi connectivity index (χ3n) is 5.38. The molecule has 1 saturated heterocycles. The maximum atomic E-state index is 12.8. The van der Waals surface area contributed by atoms with Crippen LogP contribution in [-0.4, -0.2) is 34.2 Å². The predicted molar refractivity (Wildman–Crippen MR) is 115 cm³/mol. The lowest BCUT2D eigenvalue weighted by Crippen LogP contribution is -2.21. The largest absolute Gasteiger partial charge is 0.463 e. The highest BCUT2D eigenvalue weighted by Crippen LogP contribution is 2.41. The number of hydrogen-bond donors (Lipinski definition) is 3. The maximum absolute atomic E-state index is 12.8. The van der Waals surface area contributed by atoms with Crippen LogP contribution in [0.25, 0.3) is 22.4 Å². The number of benzene rings is 1. The number of ether oxygens (including phenoxy) is 1. The molecule has 1 aliphatic rings. The van der Waals surface area contributed by atoms with E-state index in [-0.39, 0.29) is 11.8 Å². The summed E-state index contributed by atoms with van der Waals surface area (Å²) in [4.78, 5) is 21.2. The highest BCUT2D eigenvalue weighted by molar-refractivity contribution is 7.16. The maximum Gasteiger partial charge on any atom is 0.273 e. The average molecular weight is 423 g/mol. The van der Waals surface area contributed by atoms with E-state index >= 15 is 0 Å². The topological polar surface area (TPSA) is 100 Å². The quantitative estimate of drug-likeness (QED) is 0.436. The van der Waals surface area contributed by atoms with Gasteiger partial charge >= 0.3 is 0 Å². The lowest BCUT2D eigenvalue weighted by atomic mass is 9.92. The van der Waals surface area contributed by atoms with Crippen LogP contribution in [0, 0.1) is 5.92 Å². The van der Waals surface area contributed by atoms with Crippen molar-refractivity contribution in [3.8, 4) is 11.5 Å². The van der Waals surface area contributed by atoms with Crippen LogP contribution < -0.4 is 5.32 Å². The molecule has 4 aromatic rings. The summed E-state index contributed by atoms with van der Waals surface area (Å²) in [6.45, 7) is 1.28. The second-order valence-electron chi connectivity index (χ2n) is 7.33. The normalized spacial score (nSPS) is 16.0. The Morgan fingerprint density at radius 1 is 1.23 bits per heavy atom. The van der Waals surface area contributed by atoms with Crippen LogP contribution in [0.3, 0.4) is 0 Å². The predicted octanol–water partition coefficient (Wildman–Crippen LogP) is 4.60. The van der Waals surface area contributed by atoms with E-state index in [1.165, 1.54) is 11.3 Å². The number of aromatic nitrogens is 2. The van der Waals surface area contributed by atoms with Gasteiger partial charge in [0.15, 0.2) is 10.9 Å². The molecule has 3 aromatic heterocycles. The van der Waals surface area contributed by atoms with E-state index in [4.69, 9.17) is 9.15 Å². The average Bonchev–Trinajstić information content (AvgIpc) is 3.52. The Morgan fingerprint density at radius 3 is 2.83 bits per heavy atom. The number of furan rings is 1. The molecule has 0 spiro atoms. The van der Waals surface area contributed by atoms with E-state index in [2.05, 4.69) is 15.3 Å². The smallest absolute Gasteiger partial charge is 0.273 e. The fourth-order valence-corrected chi connectivity index (χ4v) is 4.83. The number of para-hydroxylation sites is 1. The Balaban J connectivity index is 1.44. The molecule has 1 atom stereocenters. The number of aliphatic hydroxyl groups is 1. The van der Waals surface area contributed by atoms with E-state index in [0.717, 1.165) is 23.7 Å². The van der Waals surface area contributed by atoms with E-state index in [9.17, 15) is 9.90 Å². The van der Waals surface area contributed by atoms with E-state index in [1.807, 2.05) is 30.3 Å². The number of fused-ring (bicyclic) bond motifs is 1. The Kier molecular flexibility index (Phi) is 5.12. The fraction of sp³-hybridized carbons (Fsp3) is 0.273. The van der Waals surface area contributed by atoms with E-state index < -0.39 is 6.10 Å². The first kappa shape index (κ1) is 19.0. The number of anilines is 1. The van der Waals surface area contributed by atoms with Gasteiger partial charge in [-0.25, -0.2) is 4.98 Å². The number of carbonyl (C=O) groups is 1. The molecule has 0 bridgehead atoms. The molecule has 0 saturated carbocycles. The molecular formula is C22H21N3O4S. The van der Waals surface area contributed by atoms with Gasteiger partial charge in [0.05, 0.1) is 17.2 Å². The minimum Gasteiger partial charge on any atom is -0.463 e. The fourth-order valence-electron chi connectivity index (χ4n) is 3.78. The number of nitrogens with one attached hydrogen (secondary N) is 2. The molecule has 1 amide bonds. The molecule has 5 rings (SSSR count). The highest BCUT2D eigenvalue weighted by atomic mass is 32.1. The summed E-state index contributed by atoms with van der Waals surface area (Å²) in [5.41, 5.74) is 1.92. The van der Waals surface area contributed by atoms with Crippen LogP contribution in [0.4, 0.5) is 5.13 Å². The van der Waals surface area contributed by atoms with Gasteiger partial charge in [-0.05, 0) is 43.0 Å². The molecule has 4 heterocycles. The van der Waals surface area contributed by atoms with Crippen molar-refractivity contribution in [3.05, 3.63) is 59.3 Å². The van der Waals surface area contributed by atoms with Gasteiger partial charge in [0, 0.05) is 24.1 Å². The van der Waals surface area contributed by atoms with Crippen LogP contribution in [0.2, 0.25) is 0 Å². The van der Waals surface area contributed by atoms with Crippen molar-refractivity contribution in [2.45, 2.75) is 18.9 Å². The third-order valence-corrected chi connectivity index (χ3v) is 6.43. The molecule has 30 heavy (non-hydrogen) atoms. The molecule has 154 valence electrons. The van der Waals surface area contributed by atoms with Gasteiger partial charge in [-0.1, -0.05) is 29.5 Å². The van der Waals surface area contributed by atoms with Crippen LogP contribution in [0.1, 0.15) is 34.3 Å². The number of thiazole rings is 1. The number of aliphatic hydroxyl groups excluding tert-OH is 1. The summed E-state index contributed by atoms with van der Waals surface area (Å²) < 4.78 is 10.9. The molecular weight excluding hydrogens is 402 g/mol. The summed E-state index contributed by atoms with van der Waals surface area (Å²) in [7, 11) is 0. The first-order valence-corrected chi connectivity index (χ1v) is 10.7. The van der Waals surface area contributed by atoms with E-state index in [0.29, 0.717) is 40.4 Å². The van der Waals surface area contributed by atoms with Gasteiger partial charge in [-0.3, -0.25) is 10.1 Å². The molecule has 0 radical (unpaired) electrons. The van der Waals surface area contributed by atoms with Crippen molar-refractivity contribution in [1.82, 2.24) is 9.97 Å². The summed E-state index contributed by atoms with van der Waals surface area (Å²) >= 11 is 1.28. The lowest BCUT2D eigenvalue weighted by molar-refractivity contribution is 0.00862. The number of H-pyrrole nitrogens is 1. The van der Waals surface area contributed by atoms with Crippen molar-refractivity contribution in [2.24, 2.45) is 5.92 Å². The Bertz CT molecular complexity index is 1130. The molecule has 3 N–H and O–H groups in total. The van der Waals surface area contributed by atoms with Crippen molar-refractivity contribution < 1.29 is 19.1 Å². The number of nitrogens with zero attached hydrogens (tertiary/aromatic N) is 1. The Labute approximate surface area is 176 Å². The van der Waals surface area contributed by atoms with Crippen molar-refractivity contribution >= 4 is 33.3 Å². The molecule has 8 heteroatoms. The summed E-state index contributed by atoms with van der Waals surface area (Å²) in [6, 6.07) is 13.1. The van der Waals surface area contributed by atoms with Gasteiger partial charge in [-0.2, -0.15) is 0 Å². The molecule has 0 aliphatic carbocycles. The standard InChI is InChI=1S/C22H21N3O4S/c26-19(13-7-10-28-11-8-13)20-18(17-6-3-9-29-17)24-22(30-20)25-21(27)16-12-14-4-1-2-5-15(14)23-16/h1-6,9,12-13,19,23,26H,7-8,10-11H2,(H,24,25,27). The summed E-state index contributed by atoms with van der Waals surface area (Å²) in [6.07, 6.45) is 2.45. The summed E-state index contributed by atoms with van der Waals surface area (Å²) in [5.74, 6) is 0.377. The highest BCUT2D eigenvalue weighted by Gasteiger charge is 2.30. The van der Waals surface area contributed by atoms with Gasteiger partial charge in [0.25, 0.3) is 5.91 Å². The number of carbonyl (C=O) groups excluding carboxylic acids is 1. The number of aromatic amines is 1. The van der Waals surface area contributed by atoms with Crippen molar-refractivity contribution in [1.29, 1.82) is 0 Å². The molecule has 1 aromatic carbocycles. The zero-order valence-electron chi connectivity index (χ0n) is 16.1. The zero-order valence-corrected chi connectivity index (χ0v) is 16.9. The second-order valence-corrected chi connectivity index (χ2v) is 8.36. The monoisotopic (exact) mass is 423 g/mol. The van der Waals surface area contributed by atoms with Gasteiger partial charge in [-0.15, -0.1) is 0 Å². The van der Waals surface area contributed by atoms with E-state index in [1.54, 1.807) is 18.4 Å². The Hall–Kier alpha value is -2.94. The summed E-state index contributed by atoms with van der Waals surface area (Å²) in [5, 5.41) is 15.3. The SMILES string of the molecule is O=C(Nc1nc(-c2ccco2)c(C(O)C2CCOCC2)s1)c1cc2ccccc2[nH]1. The van der Waals surface area contributed by atoms with Gasteiger partial charge in [0.1, 0.15) is 11.4 Å². The van der Waals surface area contributed by atoms with Gasteiger partial charge < -0.3 is 19.2 Å². The number of rotatable bonds is 5. The lowest BCUT2D eigenvalue weighted by Gasteiger charge is -2.26. The molecule has 7 nitrogen and oxygen atoms in total.